The number of likely N-dealkylation sites (tertiary alicyclic amines) is 2. The summed E-state index contributed by atoms with van der Waals surface area (Å²) in [6.07, 6.45) is 0.941. The minimum Gasteiger partial charge on any atom is -0.378 e. The molecule has 1 N–H and O–H groups in total. The van der Waals surface area contributed by atoms with Crippen LogP contribution in [0, 0.1) is 5.92 Å². The van der Waals surface area contributed by atoms with E-state index in [1.165, 1.54) is 0 Å². The molecule has 2 saturated heterocycles. The van der Waals surface area contributed by atoms with Gasteiger partial charge in [-0.3, -0.25) is 19.2 Å². The summed E-state index contributed by atoms with van der Waals surface area (Å²) in [5, 5.41) is 3.34. The first-order chi connectivity index (χ1) is 17.6. The highest BCUT2D eigenvalue weighted by Crippen LogP contribution is 2.32. The Bertz CT molecular complexity index is 1200. The lowest BCUT2D eigenvalue weighted by atomic mass is 10.0. The molecule has 2 aromatic rings. The molecule has 9 heteroatoms. The molecule has 2 fully saturated rings. The molecule has 0 aliphatic carbocycles. The molecule has 196 valence electrons. The number of fused-ring (bicyclic) bond motifs is 1. The van der Waals surface area contributed by atoms with Crippen LogP contribution in [0.15, 0.2) is 48.5 Å². The molecule has 37 heavy (non-hydrogen) atoms. The van der Waals surface area contributed by atoms with Crippen molar-refractivity contribution in [2.45, 2.75) is 44.8 Å². The summed E-state index contributed by atoms with van der Waals surface area (Å²) in [6.45, 7) is 4.26. The van der Waals surface area contributed by atoms with E-state index < -0.39 is 18.1 Å². The molecule has 0 saturated carbocycles. The number of ketones is 1. The molecule has 2 heterocycles. The van der Waals surface area contributed by atoms with Gasteiger partial charge in [-0.15, -0.1) is 0 Å². The lowest BCUT2D eigenvalue weighted by Crippen LogP contribution is -2.53. The van der Waals surface area contributed by atoms with Crippen molar-refractivity contribution in [3.05, 3.63) is 64.7 Å². The Morgan fingerprint density at radius 3 is 2.38 bits per heavy atom. The number of nitrogens with one attached hydrogen (secondary N) is 1. The maximum Gasteiger partial charge on any atom is 0.254 e. The number of carbonyl (C=O) groups excluding carboxylic acids is 4. The zero-order valence-electron chi connectivity index (χ0n) is 21.6. The fourth-order valence-corrected chi connectivity index (χ4v) is 5.36. The first-order valence-electron chi connectivity index (χ1n) is 12.5. The van der Waals surface area contributed by atoms with E-state index in [-0.39, 0.29) is 36.0 Å². The van der Waals surface area contributed by atoms with Gasteiger partial charge >= 0.3 is 0 Å². The Labute approximate surface area is 222 Å². The van der Waals surface area contributed by atoms with Gasteiger partial charge in [0.2, 0.25) is 5.91 Å². The van der Waals surface area contributed by atoms with Gasteiger partial charge in [-0.1, -0.05) is 31.5 Å². The van der Waals surface area contributed by atoms with E-state index in [2.05, 4.69) is 5.32 Å². The van der Waals surface area contributed by atoms with Crippen molar-refractivity contribution in [3.8, 4) is 0 Å². The van der Waals surface area contributed by atoms with Crippen LogP contribution >= 0.6 is 11.6 Å². The fraction of sp³-hybridized carbons (Fsp3) is 0.429. The van der Waals surface area contributed by atoms with Crippen molar-refractivity contribution >= 4 is 40.8 Å². The minimum absolute atomic E-state index is 0.0517. The Morgan fingerprint density at radius 2 is 1.76 bits per heavy atom. The maximum absolute atomic E-state index is 13.7. The van der Waals surface area contributed by atoms with Gasteiger partial charge in [0.1, 0.15) is 12.1 Å². The highest BCUT2D eigenvalue weighted by atomic mass is 35.5. The van der Waals surface area contributed by atoms with Crippen LogP contribution in [0.3, 0.4) is 0 Å². The number of anilines is 1. The van der Waals surface area contributed by atoms with Crippen molar-refractivity contribution in [2.24, 2.45) is 5.92 Å². The number of Topliss-reactive ketones (excluding diaryl/α,β-unsaturated/α-hetero) is 1. The monoisotopic (exact) mass is 524 g/mol. The van der Waals surface area contributed by atoms with Crippen LogP contribution in [0.1, 0.15) is 47.4 Å². The number of benzene rings is 2. The summed E-state index contributed by atoms with van der Waals surface area (Å²) in [5.41, 5.74) is 1.84. The summed E-state index contributed by atoms with van der Waals surface area (Å²) < 4.78 is 0. The van der Waals surface area contributed by atoms with Gasteiger partial charge in [0.25, 0.3) is 11.8 Å². The van der Waals surface area contributed by atoms with E-state index in [0.717, 1.165) is 5.69 Å². The lowest BCUT2D eigenvalue weighted by molar-refractivity contribution is -0.138. The minimum atomic E-state index is -0.773. The molecule has 3 amide bonds. The number of hydrogen-bond donors (Lipinski definition) is 1. The van der Waals surface area contributed by atoms with Gasteiger partial charge in [-0.25, -0.2) is 0 Å². The zero-order chi connectivity index (χ0) is 26.9. The van der Waals surface area contributed by atoms with Crippen molar-refractivity contribution in [2.75, 3.05) is 32.1 Å². The molecule has 0 radical (unpaired) electrons. The number of amides is 3. The van der Waals surface area contributed by atoms with E-state index in [1.54, 1.807) is 46.2 Å². The highest BCUT2D eigenvalue weighted by molar-refractivity contribution is 6.31. The molecule has 2 aliphatic rings. The normalized spacial score (nSPS) is 19.7. The van der Waals surface area contributed by atoms with Crippen LogP contribution in [0.25, 0.3) is 0 Å². The molecule has 0 spiro atoms. The SMILES string of the molecule is CC(C)C[C@H](NC(=O)c1ccc(N(C)C)cc1)C(=O)N1CC[C@@H]2[C@H]1C(=O)CN2C(=O)c1cccc(Cl)c1. The summed E-state index contributed by atoms with van der Waals surface area (Å²) >= 11 is 6.06. The summed E-state index contributed by atoms with van der Waals surface area (Å²) in [5.74, 6) is -0.921. The quantitative estimate of drug-likeness (QED) is 0.600. The predicted molar refractivity (Wildman–Crippen MR) is 143 cm³/mol. The Kier molecular flexibility index (Phi) is 7.87. The molecular weight excluding hydrogens is 492 g/mol. The van der Waals surface area contributed by atoms with Crippen LogP contribution < -0.4 is 10.2 Å². The second-order valence-corrected chi connectivity index (χ2v) is 10.8. The number of halogens is 1. The van der Waals surface area contributed by atoms with E-state index in [1.807, 2.05) is 45.0 Å². The highest BCUT2D eigenvalue weighted by Gasteiger charge is 2.52. The number of hydrogen-bond acceptors (Lipinski definition) is 5. The first kappa shape index (κ1) is 26.7. The van der Waals surface area contributed by atoms with Crippen LogP contribution in [-0.4, -0.2) is 78.6 Å². The molecule has 2 aliphatic heterocycles. The molecule has 8 nitrogen and oxygen atoms in total. The fourth-order valence-electron chi connectivity index (χ4n) is 5.17. The van der Waals surface area contributed by atoms with Gasteiger partial charge in [0.15, 0.2) is 5.78 Å². The molecule has 2 aromatic carbocycles. The Hall–Kier alpha value is -3.39. The summed E-state index contributed by atoms with van der Waals surface area (Å²) in [4.78, 5) is 58.0. The standard InChI is InChI=1S/C28H33ClN4O4/c1-17(2)14-22(30-26(35)18-8-10-21(11-9-18)31(3)4)28(37)32-13-12-23-25(32)24(34)16-33(23)27(36)19-6-5-7-20(29)15-19/h5-11,15,17,22-23,25H,12-14,16H2,1-4H3,(H,30,35)/t22-,23+,25-/m0/s1. The average molecular weight is 525 g/mol. The van der Waals surface area contributed by atoms with Crippen LogP contribution in [0.2, 0.25) is 5.02 Å². The molecular formula is C28H33ClN4O4. The Balaban J connectivity index is 1.50. The summed E-state index contributed by atoms with van der Waals surface area (Å²) in [7, 11) is 3.84. The van der Waals surface area contributed by atoms with Gasteiger partial charge < -0.3 is 20.0 Å². The van der Waals surface area contributed by atoms with Crippen molar-refractivity contribution in [1.82, 2.24) is 15.1 Å². The van der Waals surface area contributed by atoms with E-state index >= 15 is 0 Å². The number of nitrogens with zero attached hydrogens (tertiary/aromatic N) is 3. The molecule has 0 bridgehead atoms. The lowest BCUT2D eigenvalue weighted by Gasteiger charge is -2.29. The van der Waals surface area contributed by atoms with Gasteiger partial charge in [0, 0.05) is 42.5 Å². The third-order valence-electron chi connectivity index (χ3n) is 6.99. The Morgan fingerprint density at radius 1 is 1.05 bits per heavy atom. The van der Waals surface area contributed by atoms with E-state index in [4.69, 9.17) is 11.6 Å². The van der Waals surface area contributed by atoms with Crippen LogP contribution in [0.4, 0.5) is 5.69 Å². The third kappa shape index (κ3) is 5.64. The van der Waals surface area contributed by atoms with Crippen molar-refractivity contribution in [3.63, 3.8) is 0 Å². The van der Waals surface area contributed by atoms with E-state index in [9.17, 15) is 19.2 Å². The smallest absolute Gasteiger partial charge is 0.254 e. The summed E-state index contributed by atoms with van der Waals surface area (Å²) in [6, 6.07) is 11.9. The second-order valence-electron chi connectivity index (χ2n) is 10.3. The third-order valence-corrected chi connectivity index (χ3v) is 7.23. The van der Waals surface area contributed by atoms with Gasteiger partial charge in [0.05, 0.1) is 12.6 Å². The topological polar surface area (TPSA) is 90.0 Å². The number of rotatable bonds is 7. The molecule has 3 atom stereocenters. The number of carbonyl (C=O) groups is 4. The largest absolute Gasteiger partial charge is 0.378 e. The molecule has 4 rings (SSSR count). The molecule has 0 unspecified atom stereocenters. The first-order valence-corrected chi connectivity index (χ1v) is 12.9. The second kappa shape index (κ2) is 10.9. The van der Waals surface area contributed by atoms with Crippen LogP contribution in [0.5, 0.6) is 0 Å². The molecule has 0 aromatic heterocycles. The van der Waals surface area contributed by atoms with Gasteiger partial charge in [-0.2, -0.15) is 0 Å². The van der Waals surface area contributed by atoms with Crippen molar-refractivity contribution < 1.29 is 19.2 Å². The average Bonchev–Trinajstić information content (AvgIpc) is 3.43. The maximum atomic E-state index is 13.7. The zero-order valence-corrected chi connectivity index (χ0v) is 22.4. The van der Waals surface area contributed by atoms with E-state index in [0.29, 0.717) is 35.5 Å². The van der Waals surface area contributed by atoms with Crippen molar-refractivity contribution in [1.29, 1.82) is 0 Å². The predicted octanol–water partition coefficient (Wildman–Crippen LogP) is 3.25. The van der Waals surface area contributed by atoms with Crippen LogP contribution in [-0.2, 0) is 9.59 Å². The van der Waals surface area contributed by atoms with Gasteiger partial charge in [-0.05, 0) is 61.2 Å².